The summed E-state index contributed by atoms with van der Waals surface area (Å²) < 4.78 is 5.40. The third-order valence-corrected chi connectivity index (χ3v) is 4.09. The Morgan fingerprint density at radius 1 is 1.41 bits per heavy atom. The van der Waals surface area contributed by atoms with Gasteiger partial charge < -0.3 is 14.7 Å². The molecule has 2 rings (SSSR count). The van der Waals surface area contributed by atoms with Gasteiger partial charge in [-0.25, -0.2) is 0 Å². The second-order valence-electron chi connectivity index (χ2n) is 5.89. The van der Waals surface area contributed by atoms with Crippen molar-refractivity contribution in [2.24, 2.45) is 0 Å². The Labute approximate surface area is 130 Å². The molecule has 0 aromatic heterocycles. The lowest BCUT2D eigenvalue weighted by atomic mass is 9.93. The van der Waals surface area contributed by atoms with Crippen molar-refractivity contribution in [3.8, 4) is 0 Å². The molecule has 1 aromatic carbocycles. The highest BCUT2D eigenvalue weighted by molar-refractivity contribution is 5.77. The minimum atomic E-state index is -0.896. The van der Waals surface area contributed by atoms with Crippen molar-refractivity contribution in [2.45, 2.75) is 38.7 Å². The fourth-order valence-electron chi connectivity index (χ4n) is 2.90. The zero-order valence-electron chi connectivity index (χ0n) is 13.1. The Morgan fingerprint density at radius 3 is 2.82 bits per heavy atom. The number of rotatable bonds is 5. The molecule has 0 radical (unpaired) electrons. The molecule has 1 N–H and O–H groups in total. The highest BCUT2D eigenvalue weighted by Gasteiger charge is 2.27. The number of carboxylic acids is 1. The van der Waals surface area contributed by atoms with Crippen LogP contribution in [0.25, 0.3) is 0 Å². The first-order chi connectivity index (χ1) is 10.5. The molecule has 1 saturated heterocycles. The van der Waals surface area contributed by atoms with E-state index in [2.05, 4.69) is 13.0 Å². The number of benzene rings is 1. The maximum atomic E-state index is 12.4. The van der Waals surface area contributed by atoms with Gasteiger partial charge in [0, 0.05) is 19.5 Å². The second-order valence-corrected chi connectivity index (χ2v) is 5.89. The Balaban J connectivity index is 1.94. The van der Waals surface area contributed by atoms with Crippen LogP contribution in [0.2, 0.25) is 0 Å². The molecule has 0 unspecified atom stereocenters. The van der Waals surface area contributed by atoms with Gasteiger partial charge in [-0.15, -0.1) is 0 Å². The van der Waals surface area contributed by atoms with Crippen LogP contribution in [0, 0.1) is 6.92 Å². The summed E-state index contributed by atoms with van der Waals surface area (Å²) in [6, 6.07) is 8.08. The molecule has 0 bridgehead atoms. The van der Waals surface area contributed by atoms with Crippen LogP contribution in [0.3, 0.4) is 0 Å². The van der Waals surface area contributed by atoms with Crippen molar-refractivity contribution in [1.82, 2.24) is 4.90 Å². The third-order valence-electron chi connectivity index (χ3n) is 4.09. The summed E-state index contributed by atoms with van der Waals surface area (Å²) >= 11 is 0. The van der Waals surface area contributed by atoms with E-state index in [1.165, 1.54) is 11.1 Å². The number of amides is 1. The first kappa shape index (κ1) is 16.5. The molecule has 1 heterocycles. The molecule has 5 nitrogen and oxygen atoms in total. The zero-order chi connectivity index (χ0) is 16.1. The number of carboxylic acid groups (broad SMARTS) is 1. The molecule has 120 valence electrons. The average Bonchev–Trinajstić information content (AvgIpc) is 2.47. The van der Waals surface area contributed by atoms with Gasteiger partial charge in [-0.1, -0.05) is 31.2 Å². The summed E-state index contributed by atoms with van der Waals surface area (Å²) in [7, 11) is 0. The largest absolute Gasteiger partial charge is 0.481 e. The molecular weight excluding hydrogens is 282 g/mol. The van der Waals surface area contributed by atoms with Crippen molar-refractivity contribution in [1.29, 1.82) is 0 Å². The highest BCUT2D eigenvalue weighted by Crippen LogP contribution is 2.23. The molecule has 2 atom stereocenters. The van der Waals surface area contributed by atoms with Gasteiger partial charge in [0.25, 0.3) is 0 Å². The highest BCUT2D eigenvalue weighted by atomic mass is 16.5. The standard InChI is InChI=1S/C17H23NO4/c1-12-5-3-4-6-15(12)13(2)9-16(19)18-7-8-22-14(11-18)10-17(20)21/h3-6,13-14H,7-11H2,1-2H3,(H,20,21)/t13-,14+/m1/s1. The van der Waals surface area contributed by atoms with Crippen LogP contribution in [0.5, 0.6) is 0 Å². The van der Waals surface area contributed by atoms with E-state index < -0.39 is 12.1 Å². The van der Waals surface area contributed by atoms with Crippen LogP contribution < -0.4 is 0 Å². The van der Waals surface area contributed by atoms with Crippen LogP contribution in [0.15, 0.2) is 24.3 Å². The van der Waals surface area contributed by atoms with E-state index in [0.717, 1.165) is 0 Å². The van der Waals surface area contributed by atoms with E-state index in [1.807, 2.05) is 25.1 Å². The van der Waals surface area contributed by atoms with E-state index in [9.17, 15) is 9.59 Å². The zero-order valence-corrected chi connectivity index (χ0v) is 13.1. The average molecular weight is 305 g/mol. The quantitative estimate of drug-likeness (QED) is 0.905. The lowest BCUT2D eigenvalue weighted by Gasteiger charge is -2.33. The molecule has 0 spiro atoms. The van der Waals surface area contributed by atoms with Crippen LogP contribution in [0.1, 0.15) is 36.8 Å². The Kier molecular flexibility index (Phi) is 5.55. The van der Waals surface area contributed by atoms with Gasteiger partial charge in [0.15, 0.2) is 0 Å². The van der Waals surface area contributed by atoms with Crippen molar-refractivity contribution in [3.63, 3.8) is 0 Å². The number of ether oxygens (including phenoxy) is 1. The maximum Gasteiger partial charge on any atom is 0.306 e. The number of hydrogen-bond donors (Lipinski definition) is 1. The number of aliphatic carboxylic acids is 1. The molecule has 1 aliphatic heterocycles. The number of morpholine rings is 1. The van der Waals surface area contributed by atoms with Crippen LogP contribution in [0.4, 0.5) is 0 Å². The smallest absolute Gasteiger partial charge is 0.306 e. The van der Waals surface area contributed by atoms with Gasteiger partial charge in [0.05, 0.1) is 19.1 Å². The first-order valence-corrected chi connectivity index (χ1v) is 7.64. The van der Waals surface area contributed by atoms with Gasteiger partial charge in [-0.05, 0) is 24.0 Å². The summed E-state index contributed by atoms with van der Waals surface area (Å²) in [5.74, 6) is -0.684. The van der Waals surface area contributed by atoms with Crippen LogP contribution in [-0.4, -0.2) is 47.7 Å². The Hall–Kier alpha value is -1.88. The minimum absolute atomic E-state index is 0.0584. The van der Waals surface area contributed by atoms with Gasteiger partial charge in [0.1, 0.15) is 0 Å². The second kappa shape index (κ2) is 7.40. The van der Waals surface area contributed by atoms with E-state index in [4.69, 9.17) is 9.84 Å². The molecule has 5 heteroatoms. The normalized spacial score (nSPS) is 19.7. The number of nitrogens with zero attached hydrogens (tertiary/aromatic N) is 1. The molecule has 1 fully saturated rings. The minimum Gasteiger partial charge on any atom is -0.481 e. The molecule has 22 heavy (non-hydrogen) atoms. The van der Waals surface area contributed by atoms with Crippen LogP contribution >= 0.6 is 0 Å². The van der Waals surface area contributed by atoms with Crippen LogP contribution in [-0.2, 0) is 14.3 Å². The molecule has 1 aromatic rings. The maximum absolute atomic E-state index is 12.4. The molecule has 0 saturated carbocycles. The van der Waals surface area contributed by atoms with Crippen molar-refractivity contribution < 1.29 is 19.4 Å². The summed E-state index contributed by atoms with van der Waals surface area (Å²) in [4.78, 5) is 24.9. The molecule has 0 aliphatic carbocycles. The summed E-state index contributed by atoms with van der Waals surface area (Å²) in [5, 5.41) is 8.83. The predicted octanol–water partition coefficient (Wildman–Crippen LogP) is 2.19. The lowest BCUT2D eigenvalue weighted by molar-refractivity contribution is -0.147. The fraction of sp³-hybridized carbons (Fsp3) is 0.529. The molecule has 1 aliphatic rings. The lowest BCUT2D eigenvalue weighted by Crippen LogP contribution is -2.46. The number of hydrogen-bond acceptors (Lipinski definition) is 3. The Bertz CT molecular complexity index is 543. The molecule has 1 amide bonds. The predicted molar refractivity (Wildman–Crippen MR) is 82.8 cm³/mol. The first-order valence-electron chi connectivity index (χ1n) is 7.64. The van der Waals surface area contributed by atoms with E-state index in [0.29, 0.717) is 26.1 Å². The number of aryl methyl sites for hydroxylation is 1. The van der Waals surface area contributed by atoms with Gasteiger partial charge in [-0.3, -0.25) is 9.59 Å². The summed E-state index contributed by atoms with van der Waals surface area (Å²) in [6.07, 6.45) is -0.0223. The van der Waals surface area contributed by atoms with Gasteiger partial charge in [0.2, 0.25) is 5.91 Å². The van der Waals surface area contributed by atoms with Gasteiger partial charge >= 0.3 is 5.97 Å². The Morgan fingerprint density at radius 2 is 2.14 bits per heavy atom. The fourth-order valence-corrected chi connectivity index (χ4v) is 2.90. The summed E-state index contributed by atoms with van der Waals surface area (Å²) in [6.45, 7) is 5.41. The van der Waals surface area contributed by atoms with Gasteiger partial charge in [-0.2, -0.15) is 0 Å². The van der Waals surface area contributed by atoms with Crippen molar-refractivity contribution >= 4 is 11.9 Å². The van der Waals surface area contributed by atoms with E-state index in [-0.39, 0.29) is 18.2 Å². The topological polar surface area (TPSA) is 66.8 Å². The summed E-state index contributed by atoms with van der Waals surface area (Å²) in [5.41, 5.74) is 2.37. The van der Waals surface area contributed by atoms with E-state index in [1.54, 1.807) is 4.90 Å². The monoisotopic (exact) mass is 305 g/mol. The van der Waals surface area contributed by atoms with Crippen molar-refractivity contribution in [2.75, 3.05) is 19.7 Å². The number of carbonyl (C=O) groups is 2. The SMILES string of the molecule is Cc1ccccc1[C@H](C)CC(=O)N1CCO[C@@H](CC(=O)O)C1. The van der Waals surface area contributed by atoms with Crippen molar-refractivity contribution in [3.05, 3.63) is 35.4 Å². The third kappa shape index (κ3) is 4.31. The molecular formula is C17H23NO4. The number of carbonyl (C=O) groups excluding carboxylic acids is 1. The van der Waals surface area contributed by atoms with E-state index >= 15 is 0 Å².